The second kappa shape index (κ2) is 7.03. The van der Waals surface area contributed by atoms with E-state index in [4.69, 9.17) is 11.6 Å². The summed E-state index contributed by atoms with van der Waals surface area (Å²) >= 11 is 6.23. The maximum atomic E-state index is 11.9. The van der Waals surface area contributed by atoms with Crippen molar-refractivity contribution in [1.82, 2.24) is 9.47 Å². The van der Waals surface area contributed by atoms with Crippen LogP contribution in [0.2, 0.25) is 0 Å². The van der Waals surface area contributed by atoms with Gasteiger partial charge in [-0.05, 0) is 80.5 Å². The second-order valence-electron chi connectivity index (χ2n) is 8.94. The summed E-state index contributed by atoms with van der Waals surface area (Å²) in [6.07, 6.45) is 14.0. The predicted molar refractivity (Wildman–Crippen MR) is 117 cm³/mol. The summed E-state index contributed by atoms with van der Waals surface area (Å²) < 4.78 is 2.36. The van der Waals surface area contributed by atoms with Gasteiger partial charge in [0, 0.05) is 35.4 Å². The number of carbonyl (C=O) groups is 1. The predicted octanol–water partition coefficient (Wildman–Crippen LogP) is 4.67. The number of aliphatic hydroxyl groups excluding tert-OH is 1. The average Bonchev–Trinajstić information content (AvgIpc) is 3.30. The maximum Gasteiger partial charge on any atom is 0.149 e. The topological polar surface area (TPSA) is 45.5 Å². The number of hydrogen-bond donors (Lipinski definition) is 1. The SMILES string of the molecule is CC1(C=O)C=C(c2ccc3c(ccn3C3CCC(O)CC3)c2)C=CN1C1CC1Cl. The minimum atomic E-state index is -0.664. The number of aldehydes is 1. The summed E-state index contributed by atoms with van der Waals surface area (Å²) in [6, 6.07) is 9.42. The Balaban J connectivity index is 1.44. The van der Waals surface area contributed by atoms with Crippen LogP contribution in [0.3, 0.4) is 0 Å². The first-order valence-electron chi connectivity index (χ1n) is 10.6. The number of fused-ring (bicyclic) bond motifs is 1. The van der Waals surface area contributed by atoms with E-state index in [0.717, 1.165) is 49.5 Å². The van der Waals surface area contributed by atoms with Crippen LogP contribution in [-0.4, -0.2) is 43.9 Å². The Morgan fingerprint density at radius 1 is 1.21 bits per heavy atom. The van der Waals surface area contributed by atoms with Crippen molar-refractivity contribution in [3.63, 3.8) is 0 Å². The van der Waals surface area contributed by atoms with Crippen LogP contribution < -0.4 is 0 Å². The van der Waals surface area contributed by atoms with Crippen LogP contribution in [0.15, 0.2) is 48.8 Å². The molecule has 1 aromatic carbocycles. The molecule has 4 nitrogen and oxygen atoms in total. The number of benzene rings is 1. The van der Waals surface area contributed by atoms with Gasteiger partial charge in [-0.3, -0.25) is 0 Å². The molecular formula is C24H27ClN2O2. The summed E-state index contributed by atoms with van der Waals surface area (Å²) in [5.41, 5.74) is 2.76. The minimum Gasteiger partial charge on any atom is -0.393 e. The molecule has 0 spiro atoms. The molecule has 0 saturated heterocycles. The number of hydrogen-bond acceptors (Lipinski definition) is 3. The first-order chi connectivity index (χ1) is 14.0. The molecule has 1 aliphatic heterocycles. The van der Waals surface area contributed by atoms with Gasteiger partial charge in [-0.25, -0.2) is 0 Å². The highest BCUT2D eigenvalue weighted by atomic mass is 35.5. The lowest BCUT2D eigenvalue weighted by Gasteiger charge is -2.37. The van der Waals surface area contributed by atoms with E-state index in [-0.39, 0.29) is 17.5 Å². The van der Waals surface area contributed by atoms with Crippen LogP contribution in [-0.2, 0) is 4.79 Å². The summed E-state index contributed by atoms with van der Waals surface area (Å²) in [4.78, 5) is 14.0. The highest BCUT2D eigenvalue weighted by Crippen LogP contribution is 2.41. The fourth-order valence-electron chi connectivity index (χ4n) is 4.94. The van der Waals surface area contributed by atoms with Gasteiger partial charge in [-0.2, -0.15) is 0 Å². The Bertz CT molecular complexity index is 1000. The van der Waals surface area contributed by atoms with Crippen LogP contribution >= 0.6 is 11.6 Å². The van der Waals surface area contributed by atoms with Gasteiger partial charge in [0.05, 0.1) is 11.5 Å². The van der Waals surface area contributed by atoms with Gasteiger partial charge in [0.25, 0.3) is 0 Å². The van der Waals surface area contributed by atoms with E-state index in [0.29, 0.717) is 6.04 Å². The molecule has 0 bridgehead atoms. The average molecular weight is 411 g/mol. The molecule has 3 unspecified atom stereocenters. The molecule has 5 heteroatoms. The van der Waals surface area contributed by atoms with E-state index in [1.54, 1.807) is 0 Å². The maximum absolute atomic E-state index is 11.9. The zero-order valence-corrected chi connectivity index (χ0v) is 17.4. The Morgan fingerprint density at radius 2 is 1.97 bits per heavy atom. The van der Waals surface area contributed by atoms with E-state index in [9.17, 15) is 9.90 Å². The lowest BCUT2D eigenvalue weighted by atomic mass is 9.91. The summed E-state index contributed by atoms with van der Waals surface area (Å²) in [5, 5.41) is 11.1. The fraction of sp³-hybridized carbons (Fsp3) is 0.458. The van der Waals surface area contributed by atoms with Gasteiger partial charge in [-0.1, -0.05) is 6.07 Å². The van der Waals surface area contributed by atoms with Crippen molar-refractivity contribution >= 4 is 34.4 Å². The molecule has 2 aromatic rings. The summed E-state index contributed by atoms with van der Waals surface area (Å²) in [7, 11) is 0. The lowest BCUT2D eigenvalue weighted by molar-refractivity contribution is -0.114. The van der Waals surface area contributed by atoms with Crippen molar-refractivity contribution in [2.75, 3.05) is 0 Å². The zero-order chi connectivity index (χ0) is 20.2. The number of carbonyl (C=O) groups excluding carboxylic acids is 1. The first-order valence-corrected chi connectivity index (χ1v) is 11.0. The fourth-order valence-corrected chi connectivity index (χ4v) is 5.24. The number of nitrogens with zero attached hydrogens (tertiary/aromatic N) is 2. The Morgan fingerprint density at radius 3 is 2.66 bits per heavy atom. The molecule has 152 valence electrons. The van der Waals surface area contributed by atoms with Crippen LogP contribution in [0.1, 0.15) is 50.6 Å². The molecule has 1 N–H and O–H groups in total. The van der Waals surface area contributed by atoms with Crippen LogP contribution in [0, 0.1) is 0 Å². The number of aliphatic hydroxyl groups is 1. The van der Waals surface area contributed by atoms with Crippen molar-refractivity contribution in [2.24, 2.45) is 0 Å². The van der Waals surface area contributed by atoms with Crippen molar-refractivity contribution in [1.29, 1.82) is 0 Å². The third-order valence-electron chi connectivity index (χ3n) is 6.81. The molecule has 29 heavy (non-hydrogen) atoms. The second-order valence-corrected chi connectivity index (χ2v) is 9.50. The van der Waals surface area contributed by atoms with Gasteiger partial charge in [0.2, 0.25) is 0 Å². The number of aromatic nitrogens is 1. The van der Waals surface area contributed by atoms with Gasteiger partial charge < -0.3 is 19.4 Å². The molecule has 0 radical (unpaired) electrons. The van der Waals surface area contributed by atoms with E-state index < -0.39 is 5.54 Å². The van der Waals surface area contributed by atoms with Gasteiger partial charge >= 0.3 is 0 Å². The number of rotatable bonds is 4. The van der Waals surface area contributed by atoms with Crippen LogP contribution in [0.4, 0.5) is 0 Å². The molecular weight excluding hydrogens is 384 g/mol. The lowest BCUT2D eigenvalue weighted by Crippen LogP contribution is -2.46. The molecule has 2 fully saturated rings. The third-order valence-corrected chi connectivity index (χ3v) is 7.28. The molecule has 3 aliphatic rings. The molecule has 2 saturated carbocycles. The number of allylic oxidation sites excluding steroid dienone is 2. The van der Waals surface area contributed by atoms with E-state index in [2.05, 4.69) is 52.1 Å². The largest absolute Gasteiger partial charge is 0.393 e. The van der Waals surface area contributed by atoms with Crippen molar-refractivity contribution < 1.29 is 9.90 Å². The van der Waals surface area contributed by atoms with Crippen molar-refractivity contribution in [3.8, 4) is 0 Å². The quantitative estimate of drug-likeness (QED) is 0.588. The monoisotopic (exact) mass is 410 g/mol. The molecule has 5 rings (SSSR count). The normalized spacial score (nSPS) is 34.3. The Hall–Kier alpha value is -2.04. The van der Waals surface area contributed by atoms with E-state index >= 15 is 0 Å². The first kappa shape index (κ1) is 19.0. The molecule has 2 aliphatic carbocycles. The van der Waals surface area contributed by atoms with Crippen molar-refractivity contribution in [3.05, 3.63) is 54.4 Å². The highest BCUT2D eigenvalue weighted by Gasteiger charge is 2.46. The van der Waals surface area contributed by atoms with Crippen LogP contribution in [0.5, 0.6) is 0 Å². The molecule has 3 atom stereocenters. The summed E-state index contributed by atoms with van der Waals surface area (Å²) in [5.74, 6) is 0. The third kappa shape index (κ3) is 3.32. The minimum absolute atomic E-state index is 0.130. The van der Waals surface area contributed by atoms with Gasteiger partial charge in [0.1, 0.15) is 11.8 Å². The zero-order valence-electron chi connectivity index (χ0n) is 16.7. The molecule has 2 heterocycles. The molecule has 0 amide bonds. The van der Waals surface area contributed by atoms with Crippen molar-refractivity contribution in [2.45, 2.75) is 68.1 Å². The van der Waals surface area contributed by atoms with Gasteiger partial charge in [-0.15, -0.1) is 11.6 Å². The highest BCUT2D eigenvalue weighted by molar-refractivity contribution is 6.23. The smallest absolute Gasteiger partial charge is 0.149 e. The molecule has 1 aromatic heterocycles. The standard InChI is InChI=1S/C24H27ClN2O2/c1-24(15-28)14-18(9-11-27(24)23-13-21(23)25)16-2-7-22-17(12-16)8-10-26(22)19-3-5-20(29)6-4-19/h2,7-12,14-15,19-21,23,29H,3-6,13H2,1H3. The van der Waals surface area contributed by atoms with E-state index in [1.807, 2.05) is 13.1 Å². The Kier molecular flexibility index (Phi) is 4.60. The van der Waals surface area contributed by atoms with Gasteiger partial charge in [0.15, 0.2) is 0 Å². The Labute approximate surface area is 176 Å². The summed E-state index contributed by atoms with van der Waals surface area (Å²) in [6.45, 7) is 1.96. The number of alkyl halides is 1. The van der Waals surface area contributed by atoms with E-state index in [1.165, 1.54) is 10.9 Å². The van der Waals surface area contributed by atoms with Crippen LogP contribution in [0.25, 0.3) is 16.5 Å². The number of halogens is 1.